The van der Waals surface area contributed by atoms with Crippen LogP contribution in [0.4, 0.5) is 4.39 Å². The van der Waals surface area contributed by atoms with Crippen LogP contribution < -0.4 is 5.32 Å². The minimum absolute atomic E-state index is 0.0400. The minimum atomic E-state index is -0.406. The molecule has 1 atom stereocenters. The van der Waals surface area contributed by atoms with Crippen LogP contribution in [0, 0.1) is 5.82 Å². The molecule has 2 nitrogen and oxygen atoms in total. The Morgan fingerprint density at radius 3 is 2.71 bits per heavy atom. The van der Waals surface area contributed by atoms with E-state index in [9.17, 15) is 4.39 Å². The quantitative estimate of drug-likeness (QED) is 0.905. The van der Waals surface area contributed by atoms with Crippen molar-refractivity contribution in [1.82, 2.24) is 10.3 Å². The van der Waals surface area contributed by atoms with Gasteiger partial charge in [0.25, 0.3) is 0 Å². The van der Waals surface area contributed by atoms with Crippen molar-refractivity contribution in [3.8, 4) is 0 Å². The Balaban J connectivity index is 2.39. The standard InChI is InChI=1S/C13H12ClFN2/c1-16-13(10-3-2-6-17-8-10)9-4-5-12(15)11(14)7-9/h2-8,13,16H,1H3. The fourth-order valence-electron chi connectivity index (χ4n) is 1.76. The van der Waals surface area contributed by atoms with E-state index >= 15 is 0 Å². The number of benzene rings is 1. The zero-order chi connectivity index (χ0) is 12.3. The summed E-state index contributed by atoms with van der Waals surface area (Å²) in [4.78, 5) is 4.07. The van der Waals surface area contributed by atoms with E-state index in [0.29, 0.717) is 0 Å². The lowest BCUT2D eigenvalue weighted by Crippen LogP contribution is -2.17. The van der Waals surface area contributed by atoms with Crippen LogP contribution in [0.1, 0.15) is 17.2 Å². The first kappa shape index (κ1) is 12.0. The normalized spacial score (nSPS) is 12.4. The molecule has 0 radical (unpaired) electrons. The Morgan fingerprint density at radius 2 is 2.12 bits per heavy atom. The van der Waals surface area contributed by atoms with Crippen molar-refractivity contribution in [1.29, 1.82) is 0 Å². The summed E-state index contributed by atoms with van der Waals surface area (Å²) in [7, 11) is 1.84. The van der Waals surface area contributed by atoms with Crippen LogP contribution in [-0.4, -0.2) is 12.0 Å². The Bertz CT molecular complexity index is 502. The van der Waals surface area contributed by atoms with Gasteiger partial charge in [0, 0.05) is 12.4 Å². The number of nitrogens with zero attached hydrogens (tertiary/aromatic N) is 1. The SMILES string of the molecule is CNC(c1cccnc1)c1ccc(F)c(Cl)c1. The van der Waals surface area contributed by atoms with E-state index in [1.165, 1.54) is 6.07 Å². The van der Waals surface area contributed by atoms with Gasteiger partial charge in [-0.3, -0.25) is 4.98 Å². The first-order valence-electron chi connectivity index (χ1n) is 5.24. The molecular weight excluding hydrogens is 239 g/mol. The second kappa shape index (κ2) is 5.25. The van der Waals surface area contributed by atoms with E-state index in [1.807, 2.05) is 19.2 Å². The molecule has 0 saturated heterocycles. The molecule has 4 heteroatoms. The van der Waals surface area contributed by atoms with Gasteiger partial charge >= 0.3 is 0 Å². The van der Waals surface area contributed by atoms with Crippen molar-refractivity contribution >= 4 is 11.6 Å². The van der Waals surface area contributed by atoms with E-state index in [0.717, 1.165) is 11.1 Å². The molecule has 0 bridgehead atoms. The Labute approximate surface area is 104 Å². The van der Waals surface area contributed by atoms with Gasteiger partial charge in [0.15, 0.2) is 0 Å². The highest BCUT2D eigenvalue weighted by molar-refractivity contribution is 6.30. The van der Waals surface area contributed by atoms with Crippen LogP contribution >= 0.6 is 11.6 Å². The zero-order valence-electron chi connectivity index (χ0n) is 9.32. The Kier molecular flexibility index (Phi) is 3.71. The molecule has 1 heterocycles. The maximum absolute atomic E-state index is 13.1. The lowest BCUT2D eigenvalue weighted by atomic mass is 10.0. The molecule has 0 amide bonds. The van der Waals surface area contributed by atoms with Crippen LogP contribution in [-0.2, 0) is 0 Å². The van der Waals surface area contributed by atoms with E-state index < -0.39 is 5.82 Å². The van der Waals surface area contributed by atoms with Gasteiger partial charge in [-0.05, 0) is 36.4 Å². The molecule has 17 heavy (non-hydrogen) atoms. The molecule has 0 saturated carbocycles. The molecule has 0 aliphatic carbocycles. The first-order valence-corrected chi connectivity index (χ1v) is 5.62. The van der Waals surface area contributed by atoms with Gasteiger partial charge in [-0.1, -0.05) is 23.7 Å². The van der Waals surface area contributed by atoms with Crippen LogP contribution in [0.5, 0.6) is 0 Å². The summed E-state index contributed by atoms with van der Waals surface area (Å²) in [5, 5.41) is 3.29. The third-order valence-corrected chi connectivity index (χ3v) is 2.87. The summed E-state index contributed by atoms with van der Waals surface area (Å²) in [6.45, 7) is 0. The fourth-order valence-corrected chi connectivity index (χ4v) is 1.95. The van der Waals surface area contributed by atoms with Gasteiger partial charge in [0.2, 0.25) is 0 Å². The van der Waals surface area contributed by atoms with Crippen molar-refractivity contribution in [2.24, 2.45) is 0 Å². The summed E-state index contributed by atoms with van der Waals surface area (Å²) in [6.07, 6.45) is 3.49. The molecule has 88 valence electrons. The Morgan fingerprint density at radius 1 is 1.29 bits per heavy atom. The number of hydrogen-bond donors (Lipinski definition) is 1. The van der Waals surface area contributed by atoms with Crippen molar-refractivity contribution in [3.63, 3.8) is 0 Å². The number of rotatable bonds is 3. The van der Waals surface area contributed by atoms with Gasteiger partial charge in [0.05, 0.1) is 11.1 Å². The summed E-state index contributed by atoms with van der Waals surface area (Å²) in [5.74, 6) is -0.406. The van der Waals surface area contributed by atoms with Gasteiger partial charge in [-0.2, -0.15) is 0 Å². The molecule has 0 spiro atoms. The molecule has 0 aliphatic rings. The van der Waals surface area contributed by atoms with Crippen LogP contribution in [0.15, 0.2) is 42.7 Å². The monoisotopic (exact) mass is 250 g/mol. The van der Waals surface area contributed by atoms with E-state index in [1.54, 1.807) is 24.5 Å². The summed E-state index contributed by atoms with van der Waals surface area (Å²) < 4.78 is 13.1. The summed E-state index contributed by atoms with van der Waals surface area (Å²) in [6, 6.07) is 8.51. The predicted molar refractivity (Wildman–Crippen MR) is 66.5 cm³/mol. The minimum Gasteiger partial charge on any atom is -0.309 e. The molecule has 1 aromatic carbocycles. The van der Waals surface area contributed by atoms with Crippen molar-refractivity contribution in [2.45, 2.75) is 6.04 Å². The van der Waals surface area contributed by atoms with E-state index in [-0.39, 0.29) is 11.1 Å². The van der Waals surface area contributed by atoms with E-state index in [2.05, 4.69) is 10.3 Å². The third kappa shape index (κ3) is 2.62. The molecular formula is C13H12ClFN2. The first-order chi connectivity index (χ1) is 8.22. The topological polar surface area (TPSA) is 24.9 Å². The van der Waals surface area contributed by atoms with Crippen molar-refractivity contribution < 1.29 is 4.39 Å². The largest absolute Gasteiger partial charge is 0.309 e. The van der Waals surface area contributed by atoms with Gasteiger partial charge in [0.1, 0.15) is 5.82 Å². The zero-order valence-corrected chi connectivity index (χ0v) is 10.1. The molecule has 0 aliphatic heterocycles. The summed E-state index contributed by atoms with van der Waals surface area (Å²) >= 11 is 5.78. The maximum atomic E-state index is 13.1. The van der Waals surface area contributed by atoms with Crippen LogP contribution in [0.2, 0.25) is 5.02 Å². The van der Waals surface area contributed by atoms with Crippen molar-refractivity contribution in [3.05, 3.63) is 64.7 Å². The van der Waals surface area contributed by atoms with Gasteiger partial charge in [-0.15, -0.1) is 0 Å². The second-order valence-corrected chi connectivity index (χ2v) is 4.09. The molecule has 1 N–H and O–H groups in total. The second-order valence-electron chi connectivity index (χ2n) is 3.68. The molecule has 2 rings (SSSR count). The Hall–Kier alpha value is -1.45. The smallest absolute Gasteiger partial charge is 0.141 e. The highest BCUT2D eigenvalue weighted by Crippen LogP contribution is 2.25. The van der Waals surface area contributed by atoms with Gasteiger partial charge < -0.3 is 5.32 Å². The predicted octanol–water partition coefficient (Wildman–Crippen LogP) is 3.18. The maximum Gasteiger partial charge on any atom is 0.141 e. The molecule has 2 aromatic rings. The third-order valence-electron chi connectivity index (χ3n) is 2.58. The molecule has 1 unspecified atom stereocenters. The number of nitrogens with one attached hydrogen (secondary N) is 1. The van der Waals surface area contributed by atoms with Crippen molar-refractivity contribution in [2.75, 3.05) is 7.05 Å². The lowest BCUT2D eigenvalue weighted by Gasteiger charge is -2.17. The number of halogens is 2. The molecule has 0 fully saturated rings. The highest BCUT2D eigenvalue weighted by Gasteiger charge is 2.13. The average Bonchev–Trinajstić information content (AvgIpc) is 2.36. The summed E-state index contributed by atoms with van der Waals surface area (Å²) in [5.41, 5.74) is 1.92. The fraction of sp³-hybridized carbons (Fsp3) is 0.154. The molecule has 1 aromatic heterocycles. The van der Waals surface area contributed by atoms with Crippen LogP contribution in [0.3, 0.4) is 0 Å². The van der Waals surface area contributed by atoms with E-state index in [4.69, 9.17) is 11.6 Å². The van der Waals surface area contributed by atoms with Crippen LogP contribution in [0.25, 0.3) is 0 Å². The van der Waals surface area contributed by atoms with Gasteiger partial charge in [-0.25, -0.2) is 4.39 Å². The average molecular weight is 251 g/mol. The lowest BCUT2D eigenvalue weighted by molar-refractivity contribution is 0.623. The number of hydrogen-bond acceptors (Lipinski definition) is 2. The highest BCUT2D eigenvalue weighted by atomic mass is 35.5. The number of aromatic nitrogens is 1. The number of pyridine rings is 1.